The van der Waals surface area contributed by atoms with Gasteiger partial charge in [0, 0.05) is 55.2 Å². The van der Waals surface area contributed by atoms with E-state index in [0.29, 0.717) is 17.2 Å². The van der Waals surface area contributed by atoms with Crippen molar-refractivity contribution in [2.45, 2.75) is 6.54 Å². The highest BCUT2D eigenvalue weighted by atomic mass is 16.1. The molecule has 0 radical (unpaired) electrons. The van der Waals surface area contributed by atoms with E-state index in [1.54, 1.807) is 22.9 Å². The Morgan fingerprint density at radius 3 is 2.53 bits per heavy atom. The molecule has 34 heavy (non-hydrogen) atoms. The van der Waals surface area contributed by atoms with Crippen LogP contribution in [0.5, 0.6) is 0 Å². The molecule has 0 atom stereocenters. The SMILES string of the molecule is CN1CCN(c2ccc(Nc3ncc4ccc(=O)n(Cc5ccccc5C#N)c4n3)cc2)CC1. The average Bonchev–Trinajstić information content (AvgIpc) is 2.87. The predicted octanol–water partition coefficient (Wildman–Crippen LogP) is 3.21. The largest absolute Gasteiger partial charge is 0.369 e. The number of fused-ring (bicyclic) bond motifs is 1. The number of piperazine rings is 1. The molecule has 8 heteroatoms. The summed E-state index contributed by atoms with van der Waals surface area (Å²) in [6.07, 6.45) is 1.70. The zero-order chi connectivity index (χ0) is 23.5. The Kier molecular flexibility index (Phi) is 5.93. The second-order valence-corrected chi connectivity index (χ2v) is 8.46. The molecule has 3 heterocycles. The van der Waals surface area contributed by atoms with Crippen LogP contribution in [0.15, 0.2) is 71.7 Å². The summed E-state index contributed by atoms with van der Waals surface area (Å²) < 4.78 is 1.58. The maximum atomic E-state index is 12.7. The molecule has 0 amide bonds. The smallest absolute Gasteiger partial charge is 0.252 e. The summed E-state index contributed by atoms with van der Waals surface area (Å²) in [4.78, 5) is 26.5. The summed E-state index contributed by atoms with van der Waals surface area (Å²) in [6.45, 7) is 4.42. The quantitative estimate of drug-likeness (QED) is 0.498. The number of rotatable bonds is 5. The lowest BCUT2D eigenvalue weighted by Crippen LogP contribution is -2.44. The summed E-state index contributed by atoms with van der Waals surface area (Å²) in [5.41, 5.74) is 3.72. The van der Waals surface area contributed by atoms with Gasteiger partial charge in [-0.1, -0.05) is 18.2 Å². The van der Waals surface area contributed by atoms with E-state index in [-0.39, 0.29) is 12.1 Å². The summed E-state index contributed by atoms with van der Waals surface area (Å²) in [6, 6.07) is 20.9. The maximum Gasteiger partial charge on any atom is 0.252 e. The molecule has 1 N–H and O–H groups in total. The van der Waals surface area contributed by atoms with Crippen LogP contribution in [0.4, 0.5) is 17.3 Å². The van der Waals surface area contributed by atoms with Crippen molar-refractivity contribution in [3.05, 3.63) is 88.3 Å². The van der Waals surface area contributed by atoms with Crippen molar-refractivity contribution in [3.63, 3.8) is 0 Å². The van der Waals surface area contributed by atoms with Crippen molar-refractivity contribution in [1.29, 1.82) is 5.26 Å². The van der Waals surface area contributed by atoms with Crippen molar-refractivity contribution < 1.29 is 0 Å². The van der Waals surface area contributed by atoms with Gasteiger partial charge in [0.15, 0.2) is 0 Å². The minimum absolute atomic E-state index is 0.179. The van der Waals surface area contributed by atoms with E-state index in [4.69, 9.17) is 0 Å². The molecule has 2 aromatic carbocycles. The number of nitriles is 1. The molecule has 0 bridgehead atoms. The third kappa shape index (κ3) is 4.47. The number of hydrogen-bond donors (Lipinski definition) is 1. The molecule has 0 spiro atoms. The Bertz CT molecular complexity index is 1410. The molecule has 1 fully saturated rings. The van der Waals surface area contributed by atoms with Crippen molar-refractivity contribution in [1.82, 2.24) is 19.4 Å². The van der Waals surface area contributed by atoms with Crippen LogP contribution in [0.3, 0.4) is 0 Å². The maximum absolute atomic E-state index is 12.7. The average molecular weight is 452 g/mol. The molecule has 0 aliphatic carbocycles. The number of aromatic nitrogens is 3. The van der Waals surface area contributed by atoms with E-state index in [9.17, 15) is 10.1 Å². The van der Waals surface area contributed by atoms with Gasteiger partial charge >= 0.3 is 0 Å². The number of nitrogens with zero attached hydrogens (tertiary/aromatic N) is 6. The summed E-state index contributed by atoms with van der Waals surface area (Å²) in [5.74, 6) is 0.410. The van der Waals surface area contributed by atoms with Gasteiger partial charge in [-0.15, -0.1) is 0 Å². The van der Waals surface area contributed by atoms with Crippen LogP contribution in [0.1, 0.15) is 11.1 Å². The Hall–Kier alpha value is -4.22. The highest BCUT2D eigenvalue weighted by Crippen LogP contribution is 2.22. The fourth-order valence-electron chi connectivity index (χ4n) is 4.17. The number of benzene rings is 2. The van der Waals surface area contributed by atoms with Crippen LogP contribution in [-0.2, 0) is 6.54 Å². The predicted molar refractivity (Wildman–Crippen MR) is 133 cm³/mol. The normalized spacial score (nSPS) is 14.2. The molecule has 8 nitrogen and oxygen atoms in total. The van der Waals surface area contributed by atoms with E-state index in [1.165, 1.54) is 11.8 Å². The lowest BCUT2D eigenvalue weighted by Gasteiger charge is -2.34. The first kappa shape index (κ1) is 21.6. The number of nitrogens with one attached hydrogen (secondary N) is 1. The van der Waals surface area contributed by atoms with E-state index >= 15 is 0 Å². The van der Waals surface area contributed by atoms with Gasteiger partial charge < -0.3 is 15.1 Å². The first-order valence-corrected chi connectivity index (χ1v) is 11.3. The number of pyridine rings is 1. The fourth-order valence-corrected chi connectivity index (χ4v) is 4.17. The minimum Gasteiger partial charge on any atom is -0.369 e. The Balaban J connectivity index is 1.41. The van der Waals surface area contributed by atoms with Crippen LogP contribution in [0.25, 0.3) is 11.0 Å². The minimum atomic E-state index is -0.179. The van der Waals surface area contributed by atoms with E-state index in [0.717, 1.165) is 42.8 Å². The molecule has 170 valence electrons. The Labute approximate surface area is 197 Å². The molecule has 5 rings (SSSR count). The number of hydrogen-bond acceptors (Lipinski definition) is 7. The molecule has 2 aromatic heterocycles. The summed E-state index contributed by atoms with van der Waals surface area (Å²) in [7, 11) is 2.15. The molecular formula is C26H25N7O. The molecule has 1 aliphatic rings. The van der Waals surface area contributed by atoms with Crippen molar-refractivity contribution in [2.75, 3.05) is 43.4 Å². The summed E-state index contributed by atoms with van der Waals surface area (Å²) in [5, 5.41) is 13.4. The summed E-state index contributed by atoms with van der Waals surface area (Å²) >= 11 is 0. The van der Waals surface area contributed by atoms with E-state index in [1.807, 2.05) is 30.3 Å². The van der Waals surface area contributed by atoms with Gasteiger partial charge in [-0.25, -0.2) is 4.98 Å². The van der Waals surface area contributed by atoms with Crippen molar-refractivity contribution >= 4 is 28.4 Å². The van der Waals surface area contributed by atoms with Crippen LogP contribution in [0, 0.1) is 11.3 Å². The molecule has 0 saturated carbocycles. The van der Waals surface area contributed by atoms with Gasteiger partial charge in [0.05, 0.1) is 18.2 Å². The van der Waals surface area contributed by atoms with Crippen molar-refractivity contribution in [2.24, 2.45) is 0 Å². The standard InChI is InChI=1S/C26H25N7O/c1-31-12-14-32(15-13-31)23-9-7-22(8-10-23)29-26-28-17-20-6-11-24(34)33(25(20)30-26)18-21-5-3-2-4-19(21)16-27/h2-11,17H,12-15,18H2,1H3,(H,28,29,30). The van der Waals surface area contributed by atoms with Crippen LogP contribution >= 0.6 is 0 Å². The second kappa shape index (κ2) is 9.33. The molecule has 4 aromatic rings. The first-order valence-electron chi connectivity index (χ1n) is 11.3. The molecule has 0 unspecified atom stereocenters. The molecule has 1 aliphatic heterocycles. The zero-order valence-electron chi connectivity index (χ0n) is 19.0. The van der Waals surface area contributed by atoms with Gasteiger partial charge in [0.2, 0.25) is 5.95 Å². The monoisotopic (exact) mass is 451 g/mol. The highest BCUT2D eigenvalue weighted by Gasteiger charge is 2.14. The third-order valence-corrected chi connectivity index (χ3v) is 6.18. The third-order valence-electron chi connectivity index (χ3n) is 6.18. The lowest BCUT2D eigenvalue weighted by molar-refractivity contribution is 0.313. The van der Waals surface area contributed by atoms with Gasteiger partial charge in [-0.3, -0.25) is 9.36 Å². The van der Waals surface area contributed by atoms with E-state index in [2.05, 4.69) is 50.3 Å². The lowest BCUT2D eigenvalue weighted by atomic mass is 10.1. The van der Waals surface area contributed by atoms with Gasteiger partial charge in [0.25, 0.3) is 5.56 Å². The van der Waals surface area contributed by atoms with Crippen LogP contribution in [0.2, 0.25) is 0 Å². The second-order valence-electron chi connectivity index (χ2n) is 8.46. The van der Waals surface area contributed by atoms with Gasteiger partial charge in [-0.05, 0) is 49.0 Å². The molecular weight excluding hydrogens is 426 g/mol. The van der Waals surface area contributed by atoms with Gasteiger partial charge in [0.1, 0.15) is 5.65 Å². The molecule has 1 saturated heterocycles. The van der Waals surface area contributed by atoms with Gasteiger partial charge in [-0.2, -0.15) is 10.2 Å². The Morgan fingerprint density at radius 2 is 1.76 bits per heavy atom. The number of anilines is 3. The van der Waals surface area contributed by atoms with Crippen molar-refractivity contribution in [3.8, 4) is 6.07 Å². The van der Waals surface area contributed by atoms with E-state index < -0.39 is 0 Å². The fraction of sp³-hybridized carbons (Fsp3) is 0.231. The zero-order valence-corrected chi connectivity index (χ0v) is 19.0. The van der Waals surface area contributed by atoms with Crippen LogP contribution < -0.4 is 15.8 Å². The van der Waals surface area contributed by atoms with Crippen LogP contribution in [-0.4, -0.2) is 52.7 Å². The highest BCUT2D eigenvalue weighted by molar-refractivity contribution is 5.76. The topological polar surface area (TPSA) is 90.1 Å². The Morgan fingerprint density at radius 1 is 1.00 bits per heavy atom. The number of likely N-dealkylation sites (N-methyl/N-ethyl adjacent to an activating group) is 1. The first-order chi connectivity index (χ1) is 16.6.